The fraction of sp³-hybridized carbons (Fsp3) is 0. The first kappa shape index (κ1) is 16.4. The Morgan fingerprint density at radius 3 is 2.28 bits per heavy atom. The number of para-hydroxylation sites is 2. The molecule has 0 bridgehead atoms. The maximum Gasteiger partial charge on any atom is 0.145 e. The molecular formula is C25H16ClN3. The van der Waals surface area contributed by atoms with Crippen molar-refractivity contribution in [3.05, 3.63) is 96.0 Å². The van der Waals surface area contributed by atoms with E-state index in [2.05, 4.69) is 52.0 Å². The van der Waals surface area contributed by atoms with Crippen molar-refractivity contribution in [1.29, 1.82) is 0 Å². The standard InChI is InChI=1S/C25H16ClN3/c26-19-15-21-24(22-18-13-7-8-14-20(18)27-23(19)22)28-25(16-9-3-1-4-10-16)29(21)17-11-5-2-6-12-17/h1-15,27H. The van der Waals surface area contributed by atoms with Crippen LogP contribution in [0.4, 0.5) is 0 Å². The van der Waals surface area contributed by atoms with Gasteiger partial charge in [-0.2, -0.15) is 0 Å². The number of hydrogen-bond acceptors (Lipinski definition) is 1. The Labute approximate surface area is 172 Å². The summed E-state index contributed by atoms with van der Waals surface area (Å²) in [6.07, 6.45) is 0. The molecule has 0 atom stereocenters. The fourth-order valence-electron chi connectivity index (χ4n) is 4.13. The molecule has 0 spiro atoms. The highest BCUT2D eigenvalue weighted by Crippen LogP contribution is 2.39. The Morgan fingerprint density at radius 2 is 1.48 bits per heavy atom. The molecule has 4 aromatic carbocycles. The third-order valence-corrected chi connectivity index (χ3v) is 5.70. The van der Waals surface area contributed by atoms with Gasteiger partial charge in [-0.3, -0.25) is 4.57 Å². The zero-order valence-corrected chi connectivity index (χ0v) is 16.2. The van der Waals surface area contributed by atoms with Gasteiger partial charge in [-0.25, -0.2) is 4.98 Å². The van der Waals surface area contributed by atoms with Crippen LogP contribution in [-0.2, 0) is 0 Å². The van der Waals surface area contributed by atoms with Crippen LogP contribution in [0.3, 0.4) is 0 Å². The molecule has 0 aliphatic rings. The highest BCUT2D eigenvalue weighted by molar-refractivity contribution is 6.38. The smallest absolute Gasteiger partial charge is 0.145 e. The molecule has 1 N–H and O–H groups in total. The number of hydrogen-bond donors (Lipinski definition) is 1. The van der Waals surface area contributed by atoms with Crippen LogP contribution < -0.4 is 0 Å². The van der Waals surface area contributed by atoms with Crippen LogP contribution in [0.5, 0.6) is 0 Å². The van der Waals surface area contributed by atoms with Crippen LogP contribution in [-0.4, -0.2) is 14.5 Å². The summed E-state index contributed by atoms with van der Waals surface area (Å²) in [6.45, 7) is 0. The van der Waals surface area contributed by atoms with E-state index in [1.54, 1.807) is 0 Å². The maximum absolute atomic E-state index is 6.75. The summed E-state index contributed by atoms with van der Waals surface area (Å²) in [6, 6.07) is 30.9. The molecular weight excluding hydrogens is 378 g/mol. The van der Waals surface area contributed by atoms with Gasteiger partial charge in [0.05, 0.1) is 21.6 Å². The number of aromatic nitrogens is 3. The quantitative estimate of drug-likeness (QED) is 0.338. The van der Waals surface area contributed by atoms with E-state index in [0.717, 1.165) is 49.9 Å². The summed E-state index contributed by atoms with van der Waals surface area (Å²) >= 11 is 6.75. The molecule has 0 radical (unpaired) electrons. The third-order valence-electron chi connectivity index (χ3n) is 5.40. The molecule has 0 aliphatic heterocycles. The minimum atomic E-state index is 0.695. The van der Waals surface area contributed by atoms with E-state index in [1.807, 2.05) is 48.5 Å². The first-order chi connectivity index (χ1) is 14.3. The van der Waals surface area contributed by atoms with Gasteiger partial charge < -0.3 is 4.98 Å². The molecule has 0 fully saturated rings. The zero-order valence-electron chi connectivity index (χ0n) is 15.4. The summed E-state index contributed by atoms with van der Waals surface area (Å²) in [7, 11) is 0. The number of fused-ring (bicyclic) bond motifs is 5. The van der Waals surface area contributed by atoms with Crippen molar-refractivity contribution < 1.29 is 0 Å². The highest BCUT2D eigenvalue weighted by atomic mass is 35.5. The van der Waals surface area contributed by atoms with Crippen molar-refractivity contribution in [2.45, 2.75) is 0 Å². The molecule has 0 unspecified atom stereocenters. The van der Waals surface area contributed by atoms with E-state index in [0.29, 0.717) is 5.02 Å². The molecule has 138 valence electrons. The summed E-state index contributed by atoms with van der Waals surface area (Å²) in [5.74, 6) is 0.903. The maximum atomic E-state index is 6.75. The van der Waals surface area contributed by atoms with Crippen LogP contribution >= 0.6 is 11.6 Å². The molecule has 2 heterocycles. The largest absolute Gasteiger partial charge is 0.353 e. The van der Waals surface area contributed by atoms with Crippen molar-refractivity contribution >= 4 is 44.4 Å². The van der Waals surface area contributed by atoms with Gasteiger partial charge in [-0.15, -0.1) is 0 Å². The van der Waals surface area contributed by atoms with E-state index in [4.69, 9.17) is 16.6 Å². The number of imidazole rings is 1. The van der Waals surface area contributed by atoms with Crippen LogP contribution in [0.1, 0.15) is 0 Å². The average Bonchev–Trinajstić information content (AvgIpc) is 3.34. The molecule has 29 heavy (non-hydrogen) atoms. The highest BCUT2D eigenvalue weighted by Gasteiger charge is 2.20. The number of H-pyrrole nitrogens is 1. The molecule has 0 amide bonds. The zero-order chi connectivity index (χ0) is 19.4. The Morgan fingerprint density at radius 1 is 0.793 bits per heavy atom. The predicted molar refractivity (Wildman–Crippen MR) is 121 cm³/mol. The van der Waals surface area contributed by atoms with Crippen LogP contribution in [0.25, 0.3) is 49.9 Å². The number of aromatic amines is 1. The van der Waals surface area contributed by atoms with E-state index >= 15 is 0 Å². The van der Waals surface area contributed by atoms with Crippen LogP contribution in [0, 0.1) is 0 Å². The van der Waals surface area contributed by atoms with E-state index < -0.39 is 0 Å². The summed E-state index contributed by atoms with van der Waals surface area (Å²) in [5, 5.41) is 2.89. The Balaban J connectivity index is 1.83. The molecule has 0 aliphatic carbocycles. The second kappa shape index (κ2) is 6.23. The predicted octanol–water partition coefficient (Wildman–Crippen LogP) is 6.98. The first-order valence-electron chi connectivity index (χ1n) is 9.53. The SMILES string of the molecule is Clc1cc2c(nc(-c3ccccc3)n2-c2ccccc2)c2c1[nH]c1ccccc12. The summed E-state index contributed by atoms with van der Waals surface area (Å²) < 4.78 is 2.19. The van der Waals surface area contributed by atoms with Crippen LogP contribution in [0.15, 0.2) is 91.0 Å². The van der Waals surface area contributed by atoms with Gasteiger partial charge >= 0.3 is 0 Å². The van der Waals surface area contributed by atoms with Gasteiger partial charge in [0.25, 0.3) is 0 Å². The number of benzene rings is 4. The fourth-order valence-corrected chi connectivity index (χ4v) is 4.37. The van der Waals surface area contributed by atoms with Gasteiger partial charge in [0.2, 0.25) is 0 Å². The number of halogens is 1. The first-order valence-corrected chi connectivity index (χ1v) is 9.91. The molecule has 0 saturated heterocycles. The van der Waals surface area contributed by atoms with Crippen LogP contribution in [0.2, 0.25) is 5.02 Å². The molecule has 2 aromatic heterocycles. The molecule has 0 saturated carbocycles. The molecule has 6 aromatic rings. The summed E-state index contributed by atoms with van der Waals surface area (Å²) in [4.78, 5) is 8.60. The van der Waals surface area contributed by atoms with Gasteiger partial charge in [0, 0.05) is 27.5 Å². The van der Waals surface area contributed by atoms with Gasteiger partial charge in [-0.1, -0.05) is 78.3 Å². The van der Waals surface area contributed by atoms with Crippen molar-refractivity contribution in [1.82, 2.24) is 14.5 Å². The van der Waals surface area contributed by atoms with E-state index in [1.165, 1.54) is 0 Å². The molecule has 4 heteroatoms. The van der Waals surface area contributed by atoms with Crippen molar-refractivity contribution in [3.63, 3.8) is 0 Å². The minimum Gasteiger partial charge on any atom is -0.353 e. The lowest BCUT2D eigenvalue weighted by Gasteiger charge is -2.09. The molecule has 3 nitrogen and oxygen atoms in total. The minimum absolute atomic E-state index is 0.695. The van der Waals surface area contributed by atoms with Gasteiger partial charge in [-0.05, 0) is 24.3 Å². The Hall–Kier alpha value is -3.56. The van der Waals surface area contributed by atoms with Crippen molar-refractivity contribution in [2.75, 3.05) is 0 Å². The second-order valence-corrected chi connectivity index (χ2v) is 7.53. The average molecular weight is 394 g/mol. The normalized spacial score (nSPS) is 11.6. The Bertz CT molecular complexity index is 1500. The summed E-state index contributed by atoms with van der Waals surface area (Å²) in [5.41, 5.74) is 6.06. The van der Waals surface area contributed by atoms with E-state index in [-0.39, 0.29) is 0 Å². The lowest BCUT2D eigenvalue weighted by atomic mass is 10.1. The molecule has 6 rings (SSSR count). The van der Waals surface area contributed by atoms with E-state index in [9.17, 15) is 0 Å². The monoisotopic (exact) mass is 393 g/mol. The topological polar surface area (TPSA) is 33.6 Å². The third kappa shape index (κ3) is 2.41. The van der Waals surface area contributed by atoms with Gasteiger partial charge in [0.15, 0.2) is 0 Å². The van der Waals surface area contributed by atoms with Crippen molar-refractivity contribution in [2.24, 2.45) is 0 Å². The second-order valence-electron chi connectivity index (χ2n) is 7.12. The number of rotatable bonds is 2. The van der Waals surface area contributed by atoms with Crippen molar-refractivity contribution in [3.8, 4) is 17.1 Å². The number of nitrogens with one attached hydrogen (secondary N) is 1. The Kier molecular flexibility index (Phi) is 3.52. The lowest BCUT2D eigenvalue weighted by molar-refractivity contribution is 1.10. The number of nitrogens with zero attached hydrogens (tertiary/aromatic N) is 2. The lowest BCUT2D eigenvalue weighted by Crippen LogP contribution is -1.97. The van der Waals surface area contributed by atoms with Gasteiger partial charge in [0.1, 0.15) is 5.82 Å².